The summed E-state index contributed by atoms with van der Waals surface area (Å²) in [6.45, 7) is 6.48. The molecule has 0 aromatic carbocycles. The lowest BCUT2D eigenvalue weighted by molar-refractivity contribution is -0.162. The Kier molecular flexibility index (Phi) is 4.84. The van der Waals surface area contributed by atoms with Gasteiger partial charge in [0, 0.05) is 13.0 Å². The number of aryl methyl sites for hydroxylation is 1. The predicted octanol–water partition coefficient (Wildman–Crippen LogP) is 2.56. The van der Waals surface area contributed by atoms with Crippen LogP contribution in [0.5, 0.6) is 0 Å². The Balaban J connectivity index is 1.78. The van der Waals surface area contributed by atoms with Gasteiger partial charge in [-0.2, -0.15) is 0 Å². The van der Waals surface area contributed by atoms with Crippen molar-refractivity contribution in [1.82, 2.24) is 4.90 Å². The standard InChI is InChI=1S/C17H25NO4/c1-3-13-4-5-15(22-13)14-10-12(2)6-7-18(14)17(19)16-11-20-8-9-21-16/h4-5,12,14,16H,3,6-11H2,1-2H3. The molecule has 2 aliphatic heterocycles. The monoisotopic (exact) mass is 307 g/mol. The molecule has 2 fully saturated rings. The van der Waals surface area contributed by atoms with Crippen LogP contribution in [0.2, 0.25) is 0 Å². The highest BCUT2D eigenvalue weighted by Crippen LogP contribution is 2.35. The lowest BCUT2D eigenvalue weighted by Crippen LogP contribution is -2.49. The van der Waals surface area contributed by atoms with E-state index in [1.807, 2.05) is 17.0 Å². The van der Waals surface area contributed by atoms with Gasteiger partial charge in [-0.05, 0) is 30.9 Å². The highest BCUT2D eigenvalue weighted by Gasteiger charge is 2.37. The van der Waals surface area contributed by atoms with E-state index in [2.05, 4.69) is 13.8 Å². The van der Waals surface area contributed by atoms with Gasteiger partial charge in [0.05, 0.1) is 25.9 Å². The van der Waals surface area contributed by atoms with Crippen LogP contribution in [0.1, 0.15) is 44.3 Å². The molecular formula is C17H25NO4. The molecule has 0 saturated carbocycles. The molecular weight excluding hydrogens is 282 g/mol. The minimum absolute atomic E-state index is 0.0158. The molecule has 0 aliphatic carbocycles. The smallest absolute Gasteiger partial charge is 0.254 e. The van der Waals surface area contributed by atoms with Crippen molar-refractivity contribution < 1.29 is 18.7 Å². The SMILES string of the molecule is CCc1ccc(C2CC(C)CCN2C(=O)C2COCCO2)o1. The van der Waals surface area contributed by atoms with Gasteiger partial charge < -0.3 is 18.8 Å². The van der Waals surface area contributed by atoms with E-state index >= 15 is 0 Å². The number of furan rings is 1. The molecule has 1 aromatic heterocycles. The van der Waals surface area contributed by atoms with Crippen LogP contribution in [0.3, 0.4) is 0 Å². The summed E-state index contributed by atoms with van der Waals surface area (Å²) >= 11 is 0. The van der Waals surface area contributed by atoms with Crippen molar-refractivity contribution in [3.63, 3.8) is 0 Å². The Bertz CT molecular complexity index is 507. The van der Waals surface area contributed by atoms with Gasteiger partial charge in [-0.1, -0.05) is 13.8 Å². The Morgan fingerprint density at radius 1 is 1.36 bits per heavy atom. The third-order valence-electron chi connectivity index (χ3n) is 4.60. The molecule has 3 unspecified atom stereocenters. The molecule has 5 heteroatoms. The summed E-state index contributed by atoms with van der Waals surface area (Å²) in [5.41, 5.74) is 0. The van der Waals surface area contributed by atoms with Crippen LogP contribution in [0.25, 0.3) is 0 Å². The van der Waals surface area contributed by atoms with Crippen molar-refractivity contribution in [1.29, 1.82) is 0 Å². The first kappa shape index (κ1) is 15.6. The molecule has 22 heavy (non-hydrogen) atoms. The number of ether oxygens (including phenoxy) is 2. The minimum atomic E-state index is -0.467. The Morgan fingerprint density at radius 2 is 2.23 bits per heavy atom. The molecule has 0 spiro atoms. The largest absolute Gasteiger partial charge is 0.464 e. The summed E-state index contributed by atoms with van der Waals surface area (Å²) in [4.78, 5) is 14.7. The van der Waals surface area contributed by atoms with Crippen LogP contribution < -0.4 is 0 Å². The van der Waals surface area contributed by atoms with Gasteiger partial charge in [0.2, 0.25) is 0 Å². The fraction of sp³-hybridized carbons (Fsp3) is 0.706. The third kappa shape index (κ3) is 3.20. The second kappa shape index (κ2) is 6.84. The number of rotatable bonds is 3. The molecule has 122 valence electrons. The molecule has 3 atom stereocenters. The highest BCUT2D eigenvalue weighted by atomic mass is 16.6. The molecule has 5 nitrogen and oxygen atoms in total. The molecule has 2 saturated heterocycles. The molecule has 1 amide bonds. The average molecular weight is 307 g/mol. The second-order valence-corrected chi connectivity index (χ2v) is 6.27. The number of carbonyl (C=O) groups is 1. The van der Waals surface area contributed by atoms with Crippen LogP contribution in [-0.4, -0.2) is 43.3 Å². The maximum atomic E-state index is 12.8. The van der Waals surface area contributed by atoms with Crippen LogP contribution >= 0.6 is 0 Å². The lowest BCUT2D eigenvalue weighted by atomic mass is 9.90. The molecule has 0 bridgehead atoms. The summed E-state index contributed by atoms with van der Waals surface area (Å²) < 4.78 is 16.9. The van der Waals surface area contributed by atoms with E-state index < -0.39 is 6.10 Å². The highest BCUT2D eigenvalue weighted by molar-refractivity contribution is 5.81. The summed E-state index contributed by atoms with van der Waals surface area (Å²) in [5.74, 6) is 2.49. The lowest BCUT2D eigenvalue weighted by Gasteiger charge is -2.39. The van der Waals surface area contributed by atoms with Gasteiger partial charge in [0.15, 0.2) is 6.10 Å². The number of carbonyl (C=O) groups excluding carboxylic acids is 1. The number of hydrogen-bond donors (Lipinski definition) is 0. The van der Waals surface area contributed by atoms with Crippen LogP contribution in [0.4, 0.5) is 0 Å². The van der Waals surface area contributed by atoms with Crippen molar-refractivity contribution in [3.05, 3.63) is 23.7 Å². The van der Waals surface area contributed by atoms with Gasteiger partial charge >= 0.3 is 0 Å². The fourth-order valence-electron chi connectivity index (χ4n) is 3.25. The molecule has 0 N–H and O–H groups in total. The van der Waals surface area contributed by atoms with Crippen LogP contribution in [-0.2, 0) is 20.7 Å². The molecule has 0 radical (unpaired) electrons. The fourth-order valence-corrected chi connectivity index (χ4v) is 3.25. The van der Waals surface area contributed by atoms with Crippen molar-refractivity contribution >= 4 is 5.91 Å². The third-order valence-corrected chi connectivity index (χ3v) is 4.60. The maximum Gasteiger partial charge on any atom is 0.254 e. The van der Waals surface area contributed by atoms with Gasteiger partial charge in [-0.15, -0.1) is 0 Å². The average Bonchev–Trinajstić information content (AvgIpc) is 3.04. The zero-order chi connectivity index (χ0) is 15.5. The maximum absolute atomic E-state index is 12.8. The normalized spacial score (nSPS) is 29.5. The van der Waals surface area contributed by atoms with Crippen molar-refractivity contribution in [3.8, 4) is 0 Å². The molecule has 2 aliphatic rings. The second-order valence-electron chi connectivity index (χ2n) is 6.27. The van der Waals surface area contributed by atoms with E-state index in [0.29, 0.717) is 25.7 Å². The van der Waals surface area contributed by atoms with E-state index in [-0.39, 0.29) is 11.9 Å². The van der Waals surface area contributed by atoms with E-state index in [9.17, 15) is 4.79 Å². The zero-order valence-electron chi connectivity index (χ0n) is 13.4. The minimum Gasteiger partial charge on any atom is -0.464 e. The summed E-state index contributed by atoms with van der Waals surface area (Å²) in [6, 6.07) is 4.04. The number of likely N-dealkylation sites (tertiary alicyclic amines) is 1. The van der Waals surface area contributed by atoms with Crippen molar-refractivity contribution in [2.45, 2.75) is 45.3 Å². The summed E-state index contributed by atoms with van der Waals surface area (Å²) in [5, 5.41) is 0. The number of piperidine rings is 1. The number of amides is 1. The first-order chi connectivity index (χ1) is 10.7. The van der Waals surface area contributed by atoms with Crippen molar-refractivity contribution in [2.24, 2.45) is 5.92 Å². The summed E-state index contributed by atoms with van der Waals surface area (Å²) in [6.07, 6.45) is 2.37. The summed E-state index contributed by atoms with van der Waals surface area (Å²) in [7, 11) is 0. The number of nitrogens with zero attached hydrogens (tertiary/aromatic N) is 1. The molecule has 1 aromatic rings. The number of hydrogen-bond acceptors (Lipinski definition) is 4. The first-order valence-electron chi connectivity index (χ1n) is 8.27. The van der Waals surface area contributed by atoms with Crippen molar-refractivity contribution in [2.75, 3.05) is 26.4 Å². The Hall–Kier alpha value is -1.33. The quantitative estimate of drug-likeness (QED) is 0.861. The van der Waals surface area contributed by atoms with E-state index in [0.717, 1.165) is 37.3 Å². The van der Waals surface area contributed by atoms with Gasteiger partial charge in [0.1, 0.15) is 11.5 Å². The van der Waals surface area contributed by atoms with Gasteiger partial charge in [-0.25, -0.2) is 0 Å². The topological polar surface area (TPSA) is 51.9 Å². The zero-order valence-corrected chi connectivity index (χ0v) is 13.4. The van der Waals surface area contributed by atoms with Gasteiger partial charge in [-0.3, -0.25) is 4.79 Å². The predicted molar refractivity (Wildman–Crippen MR) is 81.5 cm³/mol. The Labute approximate surface area is 131 Å². The Morgan fingerprint density at radius 3 is 2.91 bits per heavy atom. The molecule has 3 rings (SSSR count). The van der Waals surface area contributed by atoms with E-state index in [4.69, 9.17) is 13.9 Å². The van der Waals surface area contributed by atoms with E-state index in [1.54, 1.807) is 0 Å². The molecule has 3 heterocycles. The van der Waals surface area contributed by atoms with E-state index in [1.165, 1.54) is 0 Å². The van der Waals surface area contributed by atoms with Gasteiger partial charge in [0.25, 0.3) is 5.91 Å². The van der Waals surface area contributed by atoms with Crippen LogP contribution in [0, 0.1) is 5.92 Å². The first-order valence-corrected chi connectivity index (χ1v) is 8.27. The van der Waals surface area contributed by atoms with Crippen LogP contribution in [0.15, 0.2) is 16.5 Å².